The second-order valence-electron chi connectivity index (χ2n) is 7.57. The number of nitrogens with zero attached hydrogens (tertiary/aromatic N) is 5. The van der Waals surface area contributed by atoms with E-state index in [2.05, 4.69) is 15.2 Å². The van der Waals surface area contributed by atoms with Crippen LogP contribution < -0.4 is 10.2 Å². The van der Waals surface area contributed by atoms with Gasteiger partial charge in [0.05, 0.1) is 12.2 Å². The van der Waals surface area contributed by atoms with Gasteiger partial charge in [-0.3, -0.25) is 4.79 Å². The third-order valence-corrected chi connectivity index (χ3v) is 5.21. The molecule has 2 aromatic heterocycles. The van der Waals surface area contributed by atoms with Crippen molar-refractivity contribution in [3.05, 3.63) is 59.7 Å². The molecule has 0 spiro atoms. The standard InChI is InChI=1S/C21H25FN6O/c1-26(2)12-10-23-21(29)18-14-24-19-8-9-20(25-28(18)19)27-11-4-7-17(27)15-5-3-6-16(22)13-15/h3,5-6,8-9,13-14,17H,4,7,10-12H2,1-2H3,(H,23,29)/t17-/m1/s1. The van der Waals surface area contributed by atoms with Crippen LogP contribution in [0.15, 0.2) is 42.6 Å². The van der Waals surface area contributed by atoms with Crippen LogP contribution in [0.25, 0.3) is 5.65 Å². The lowest BCUT2D eigenvalue weighted by atomic mass is 10.0. The average molecular weight is 396 g/mol. The fourth-order valence-corrected chi connectivity index (χ4v) is 3.76. The van der Waals surface area contributed by atoms with Gasteiger partial charge in [0.1, 0.15) is 11.6 Å². The Labute approximate surface area is 169 Å². The average Bonchev–Trinajstić information content (AvgIpc) is 3.34. The molecule has 0 aliphatic carbocycles. The number of likely N-dealkylation sites (N-methyl/N-ethyl adjacent to an activating group) is 1. The lowest BCUT2D eigenvalue weighted by Crippen LogP contribution is -2.32. The Balaban J connectivity index is 1.60. The fraction of sp³-hybridized carbons (Fsp3) is 0.381. The Morgan fingerprint density at radius 2 is 2.17 bits per heavy atom. The second kappa shape index (κ2) is 8.16. The summed E-state index contributed by atoms with van der Waals surface area (Å²) >= 11 is 0. The first kappa shape index (κ1) is 19.3. The zero-order valence-corrected chi connectivity index (χ0v) is 16.7. The highest BCUT2D eigenvalue weighted by Gasteiger charge is 2.28. The highest BCUT2D eigenvalue weighted by Crippen LogP contribution is 2.35. The van der Waals surface area contributed by atoms with E-state index in [0.29, 0.717) is 17.9 Å². The van der Waals surface area contributed by atoms with Gasteiger partial charge in [-0.05, 0) is 56.8 Å². The smallest absolute Gasteiger partial charge is 0.271 e. The molecule has 1 N–H and O–H groups in total. The van der Waals surface area contributed by atoms with Crippen LogP contribution in [0.5, 0.6) is 0 Å². The molecule has 1 amide bonds. The molecule has 1 atom stereocenters. The van der Waals surface area contributed by atoms with E-state index in [1.807, 2.05) is 37.2 Å². The predicted molar refractivity (Wildman–Crippen MR) is 110 cm³/mol. The van der Waals surface area contributed by atoms with Gasteiger partial charge in [0, 0.05) is 19.6 Å². The van der Waals surface area contributed by atoms with E-state index in [1.165, 1.54) is 6.07 Å². The van der Waals surface area contributed by atoms with Crippen LogP contribution in [-0.2, 0) is 0 Å². The molecule has 4 rings (SSSR count). The Kier molecular flexibility index (Phi) is 5.44. The summed E-state index contributed by atoms with van der Waals surface area (Å²) < 4.78 is 15.3. The summed E-state index contributed by atoms with van der Waals surface area (Å²) in [5.74, 6) is 0.320. The van der Waals surface area contributed by atoms with E-state index in [1.54, 1.807) is 22.8 Å². The van der Waals surface area contributed by atoms with Gasteiger partial charge in [-0.2, -0.15) is 0 Å². The van der Waals surface area contributed by atoms with Gasteiger partial charge in [-0.15, -0.1) is 5.10 Å². The maximum Gasteiger partial charge on any atom is 0.271 e. The second-order valence-corrected chi connectivity index (χ2v) is 7.57. The summed E-state index contributed by atoms with van der Waals surface area (Å²) in [5, 5.41) is 7.60. The third kappa shape index (κ3) is 4.07. The van der Waals surface area contributed by atoms with Crippen LogP contribution in [0.4, 0.5) is 10.2 Å². The molecular weight excluding hydrogens is 371 g/mol. The number of imidazole rings is 1. The zero-order chi connectivity index (χ0) is 20.4. The van der Waals surface area contributed by atoms with Crippen molar-refractivity contribution < 1.29 is 9.18 Å². The molecular formula is C21H25FN6O. The zero-order valence-electron chi connectivity index (χ0n) is 16.7. The van der Waals surface area contributed by atoms with Crippen molar-refractivity contribution in [3.8, 4) is 0 Å². The number of hydrogen-bond acceptors (Lipinski definition) is 5. The summed E-state index contributed by atoms with van der Waals surface area (Å²) in [6, 6.07) is 10.6. The van der Waals surface area contributed by atoms with Crippen molar-refractivity contribution in [2.45, 2.75) is 18.9 Å². The number of carbonyl (C=O) groups is 1. The molecule has 1 aliphatic heterocycles. The van der Waals surface area contributed by atoms with Gasteiger partial charge in [0.15, 0.2) is 11.3 Å². The number of hydrogen-bond donors (Lipinski definition) is 1. The molecule has 3 aromatic rings. The SMILES string of the molecule is CN(C)CCNC(=O)c1cnc2ccc(N3CCC[C@@H]3c3cccc(F)c3)nn12. The van der Waals surface area contributed by atoms with Crippen molar-refractivity contribution in [2.24, 2.45) is 0 Å². The first-order valence-corrected chi connectivity index (χ1v) is 9.83. The van der Waals surface area contributed by atoms with Crippen LogP contribution in [0, 0.1) is 5.82 Å². The molecule has 0 saturated carbocycles. The van der Waals surface area contributed by atoms with Gasteiger partial charge in [-0.25, -0.2) is 13.9 Å². The number of anilines is 1. The normalized spacial score (nSPS) is 16.7. The van der Waals surface area contributed by atoms with Crippen molar-refractivity contribution in [3.63, 3.8) is 0 Å². The van der Waals surface area contributed by atoms with E-state index in [0.717, 1.165) is 37.3 Å². The summed E-state index contributed by atoms with van der Waals surface area (Å²) in [6.45, 7) is 2.13. The largest absolute Gasteiger partial charge is 0.349 e. The topological polar surface area (TPSA) is 65.8 Å². The van der Waals surface area contributed by atoms with Gasteiger partial charge >= 0.3 is 0 Å². The Bertz CT molecular complexity index is 1020. The van der Waals surface area contributed by atoms with E-state index in [-0.39, 0.29) is 17.8 Å². The molecule has 3 heterocycles. The number of halogens is 1. The van der Waals surface area contributed by atoms with E-state index in [9.17, 15) is 9.18 Å². The van der Waals surface area contributed by atoms with E-state index in [4.69, 9.17) is 5.10 Å². The number of nitrogens with one attached hydrogen (secondary N) is 1. The number of benzene rings is 1. The maximum absolute atomic E-state index is 13.7. The van der Waals surface area contributed by atoms with Gasteiger partial charge in [0.25, 0.3) is 5.91 Å². The van der Waals surface area contributed by atoms with Crippen molar-refractivity contribution in [1.82, 2.24) is 24.8 Å². The first-order chi connectivity index (χ1) is 14.0. The third-order valence-electron chi connectivity index (χ3n) is 5.21. The van der Waals surface area contributed by atoms with E-state index < -0.39 is 0 Å². The van der Waals surface area contributed by atoms with Gasteiger partial charge < -0.3 is 15.1 Å². The van der Waals surface area contributed by atoms with Gasteiger partial charge in [-0.1, -0.05) is 12.1 Å². The molecule has 1 aromatic carbocycles. The lowest BCUT2D eigenvalue weighted by molar-refractivity contribution is 0.0944. The number of fused-ring (bicyclic) bond motifs is 1. The minimum atomic E-state index is -0.232. The molecule has 7 nitrogen and oxygen atoms in total. The Morgan fingerprint density at radius 3 is 2.97 bits per heavy atom. The molecule has 29 heavy (non-hydrogen) atoms. The summed E-state index contributed by atoms with van der Waals surface area (Å²) in [4.78, 5) is 21.0. The molecule has 0 unspecified atom stereocenters. The molecule has 0 radical (unpaired) electrons. The summed E-state index contributed by atoms with van der Waals surface area (Å²) in [7, 11) is 3.92. The van der Waals surface area contributed by atoms with E-state index >= 15 is 0 Å². The van der Waals surface area contributed by atoms with Crippen LogP contribution in [0.2, 0.25) is 0 Å². The molecule has 1 aliphatic rings. The van der Waals surface area contributed by atoms with Crippen molar-refractivity contribution in [1.29, 1.82) is 0 Å². The highest BCUT2D eigenvalue weighted by atomic mass is 19.1. The number of carbonyl (C=O) groups excluding carboxylic acids is 1. The van der Waals surface area contributed by atoms with Crippen LogP contribution >= 0.6 is 0 Å². The molecule has 152 valence electrons. The number of rotatable bonds is 6. The van der Waals surface area contributed by atoms with Crippen LogP contribution in [0.3, 0.4) is 0 Å². The highest BCUT2D eigenvalue weighted by molar-refractivity contribution is 5.93. The van der Waals surface area contributed by atoms with Crippen molar-refractivity contribution in [2.75, 3.05) is 38.6 Å². The maximum atomic E-state index is 13.7. The van der Waals surface area contributed by atoms with Crippen LogP contribution in [-0.4, -0.2) is 59.1 Å². The molecule has 8 heteroatoms. The van der Waals surface area contributed by atoms with Gasteiger partial charge in [0.2, 0.25) is 0 Å². The lowest BCUT2D eigenvalue weighted by Gasteiger charge is -2.26. The van der Waals surface area contributed by atoms with Crippen molar-refractivity contribution >= 4 is 17.4 Å². The summed E-state index contributed by atoms with van der Waals surface area (Å²) in [6.07, 6.45) is 3.48. The van der Waals surface area contributed by atoms with Crippen LogP contribution in [0.1, 0.15) is 34.9 Å². The summed E-state index contributed by atoms with van der Waals surface area (Å²) in [5.41, 5.74) is 1.96. The Morgan fingerprint density at radius 1 is 1.31 bits per heavy atom. The quantitative estimate of drug-likeness (QED) is 0.694. The predicted octanol–water partition coefficient (Wildman–Crippen LogP) is 2.50. The first-order valence-electron chi connectivity index (χ1n) is 9.83. The minimum absolute atomic E-state index is 0.0662. The molecule has 1 fully saturated rings. The Hall–Kier alpha value is -3.00. The monoisotopic (exact) mass is 396 g/mol. The molecule has 1 saturated heterocycles. The minimum Gasteiger partial charge on any atom is -0.349 e. The fourth-order valence-electron chi connectivity index (χ4n) is 3.76. The number of aromatic nitrogens is 3. The number of amides is 1. The molecule has 0 bridgehead atoms.